The molecule has 0 bridgehead atoms. The molecule has 0 saturated heterocycles. The molecule has 1 amide bonds. The number of aromatic hydroxyl groups is 1. The molecule has 0 aliphatic carbocycles. The average molecular weight is 600 g/mol. The van der Waals surface area contributed by atoms with E-state index in [2.05, 4.69) is 15.6 Å². The summed E-state index contributed by atoms with van der Waals surface area (Å²) < 4.78 is 40.2. The minimum absolute atomic E-state index is 0.00322. The van der Waals surface area contributed by atoms with Gasteiger partial charge in [0.2, 0.25) is 0 Å². The standard InChI is InChI=1S/C27H29ClF3N3O7/c1-26(41,27(29,30)31)18-5-15(6-19(28)10-18)16(9-24(38)39)7-21(36)11-34-25(40)17-2-14(3-20(35)8-17)4-23-32-12-22(37)13-33-23/h2-3,5-6,8,10,16,22,35,37,41H,4,7,9,11-13H2,1H3,(H,32,33)(H,34,40)(H,38,39)/t16-,26?/m0/s1. The number of aliphatic hydroxyl groups is 2. The van der Waals surface area contributed by atoms with Crippen LogP contribution in [0.5, 0.6) is 5.75 Å². The molecular formula is C27H29ClF3N3O7. The molecule has 10 nitrogen and oxygen atoms in total. The first kappa shape index (κ1) is 31.8. The zero-order valence-corrected chi connectivity index (χ0v) is 22.6. The lowest BCUT2D eigenvalue weighted by Gasteiger charge is -2.28. The van der Waals surface area contributed by atoms with E-state index in [1.165, 1.54) is 24.3 Å². The molecule has 3 atom stereocenters. The van der Waals surface area contributed by atoms with Gasteiger partial charge in [-0.25, -0.2) is 0 Å². The Balaban J connectivity index is 1.71. The van der Waals surface area contributed by atoms with Gasteiger partial charge in [-0.1, -0.05) is 17.7 Å². The fraction of sp³-hybridized carbons (Fsp3) is 0.407. The molecular weight excluding hydrogens is 571 g/mol. The van der Waals surface area contributed by atoms with Crippen molar-refractivity contribution in [2.45, 2.75) is 50.0 Å². The number of ketones is 1. The number of carbonyl (C=O) groups excluding carboxylic acids is 2. The highest BCUT2D eigenvalue weighted by atomic mass is 35.5. The summed E-state index contributed by atoms with van der Waals surface area (Å²) in [4.78, 5) is 41.1. The fourth-order valence-corrected chi connectivity index (χ4v) is 4.47. The van der Waals surface area contributed by atoms with Gasteiger partial charge in [-0.3, -0.25) is 19.4 Å². The number of aliphatic hydroxyl groups excluding tert-OH is 1. The van der Waals surface area contributed by atoms with Crippen molar-refractivity contribution in [3.8, 4) is 5.75 Å². The lowest BCUT2D eigenvalue weighted by molar-refractivity contribution is -0.258. The Morgan fingerprint density at radius 3 is 2.46 bits per heavy atom. The number of nitrogens with zero attached hydrogens (tertiary/aromatic N) is 1. The Morgan fingerprint density at radius 1 is 1.15 bits per heavy atom. The summed E-state index contributed by atoms with van der Waals surface area (Å²) in [7, 11) is 0. The predicted octanol–water partition coefficient (Wildman–Crippen LogP) is 2.67. The van der Waals surface area contributed by atoms with Gasteiger partial charge in [0.1, 0.15) is 11.6 Å². The topological polar surface area (TPSA) is 169 Å². The largest absolute Gasteiger partial charge is 0.508 e. The third-order valence-corrected chi connectivity index (χ3v) is 6.71. The molecule has 222 valence electrons. The second-order valence-electron chi connectivity index (χ2n) is 9.95. The number of carboxylic acids is 1. The van der Waals surface area contributed by atoms with Gasteiger partial charge in [-0.2, -0.15) is 13.2 Å². The number of β-amino-alcohol motifs (C(OH)–C–C–N with tert-alkyl or cyclic N) is 1. The van der Waals surface area contributed by atoms with Gasteiger partial charge in [0.15, 0.2) is 11.4 Å². The van der Waals surface area contributed by atoms with Gasteiger partial charge < -0.3 is 31.1 Å². The van der Waals surface area contributed by atoms with Crippen LogP contribution in [-0.2, 0) is 21.6 Å². The first-order valence-corrected chi connectivity index (χ1v) is 12.8. The number of alkyl halides is 3. The molecule has 0 saturated carbocycles. The number of phenols is 1. The van der Waals surface area contributed by atoms with Crippen molar-refractivity contribution in [2.24, 2.45) is 4.99 Å². The van der Waals surface area contributed by atoms with Crippen molar-refractivity contribution in [3.05, 3.63) is 63.7 Å². The molecule has 0 radical (unpaired) electrons. The highest BCUT2D eigenvalue weighted by molar-refractivity contribution is 6.30. The Bertz CT molecular complexity index is 1350. The zero-order valence-electron chi connectivity index (χ0n) is 21.8. The van der Waals surface area contributed by atoms with Gasteiger partial charge in [-0.05, 0) is 53.9 Å². The van der Waals surface area contributed by atoms with Crippen LogP contribution in [0.15, 0.2) is 41.4 Å². The smallest absolute Gasteiger partial charge is 0.421 e. The number of phenolic OH excluding ortho intramolecular Hbond substituents is 1. The SMILES string of the molecule is CC(O)(c1cc(Cl)cc([C@H](CC(=O)O)CC(=O)CNC(=O)c2cc(O)cc(CC3=NCC(O)CN3)c2)c1)C(F)(F)F. The van der Waals surface area contributed by atoms with Crippen LogP contribution in [0.3, 0.4) is 0 Å². The Kier molecular flexibility index (Phi) is 10.0. The molecule has 3 rings (SSSR count). The van der Waals surface area contributed by atoms with E-state index < -0.39 is 66.4 Å². The first-order chi connectivity index (χ1) is 19.0. The number of amides is 1. The van der Waals surface area contributed by atoms with E-state index in [1.54, 1.807) is 0 Å². The molecule has 2 unspecified atom stereocenters. The number of halogens is 4. The summed E-state index contributed by atoms with van der Waals surface area (Å²) in [6.45, 7) is 0.539. The highest BCUT2D eigenvalue weighted by Gasteiger charge is 2.51. The lowest BCUT2D eigenvalue weighted by Crippen LogP contribution is -2.39. The average Bonchev–Trinajstić information content (AvgIpc) is 2.86. The number of Topliss-reactive ketones (excluding diaryl/α,β-unsaturated/α-hetero) is 1. The van der Waals surface area contributed by atoms with Crippen LogP contribution in [0.25, 0.3) is 0 Å². The van der Waals surface area contributed by atoms with E-state index >= 15 is 0 Å². The number of amidine groups is 1. The maximum atomic E-state index is 13.4. The second kappa shape index (κ2) is 12.9. The van der Waals surface area contributed by atoms with Gasteiger partial charge in [-0.15, -0.1) is 0 Å². The zero-order chi connectivity index (χ0) is 30.5. The number of aliphatic carboxylic acids is 1. The molecule has 0 aromatic heterocycles. The molecule has 1 aliphatic rings. The van der Waals surface area contributed by atoms with Crippen molar-refractivity contribution < 1.29 is 48.0 Å². The van der Waals surface area contributed by atoms with E-state index in [0.29, 0.717) is 24.9 Å². The number of benzene rings is 2. The Hall–Kier alpha value is -3.68. The van der Waals surface area contributed by atoms with Crippen molar-refractivity contribution in [2.75, 3.05) is 19.6 Å². The summed E-state index contributed by atoms with van der Waals surface area (Å²) in [6.07, 6.45) is -6.49. The van der Waals surface area contributed by atoms with Crippen LogP contribution < -0.4 is 10.6 Å². The maximum absolute atomic E-state index is 13.4. The van der Waals surface area contributed by atoms with Crippen molar-refractivity contribution in [1.82, 2.24) is 10.6 Å². The summed E-state index contributed by atoms with van der Waals surface area (Å²) in [5.41, 5.74) is -3.31. The number of nitrogens with one attached hydrogen (secondary N) is 2. The molecule has 0 fully saturated rings. The second-order valence-corrected chi connectivity index (χ2v) is 10.4. The maximum Gasteiger partial charge on any atom is 0.421 e. The van der Waals surface area contributed by atoms with Crippen LogP contribution in [0.4, 0.5) is 13.2 Å². The van der Waals surface area contributed by atoms with Gasteiger partial charge >= 0.3 is 12.1 Å². The van der Waals surface area contributed by atoms with E-state index in [-0.39, 0.29) is 34.9 Å². The van der Waals surface area contributed by atoms with Crippen molar-refractivity contribution in [1.29, 1.82) is 0 Å². The quantitative estimate of drug-likeness (QED) is 0.229. The monoisotopic (exact) mass is 599 g/mol. The van der Waals surface area contributed by atoms with Crippen LogP contribution in [0, 0.1) is 0 Å². The minimum atomic E-state index is -5.05. The van der Waals surface area contributed by atoms with Crippen molar-refractivity contribution >= 4 is 35.1 Å². The molecule has 1 aliphatic heterocycles. The minimum Gasteiger partial charge on any atom is -0.508 e. The summed E-state index contributed by atoms with van der Waals surface area (Å²) in [5, 5.41) is 44.2. The van der Waals surface area contributed by atoms with Crippen LogP contribution in [0.2, 0.25) is 5.02 Å². The number of hydrogen-bond donors (Lipinski definition) is 6. The molecule has 41 heavy (non-hydrogen) atoms. The van der Waals surface area contributed by atoms with Crippen LogP contribution in [0.1, 0.15) is 52.7 Å². The molecule has 6 N–H and O–H groups in total. The highest BCUT2D eigenvalue weighted by Crippen LogP contribution is 2.41. The van der Waals surface area contributed by atoms with Gasteiger partial charge in [0, 0.05) is 35.9 Å². The van der Waals surface area contributed by atoms with Crippen LogP contribution >= 0.6 is 11.6 Å². The van der Waals surface area contributed by atoms with Gasteiger partial charge in [0.25, 0.3) is 5.91 Å². The molecule has 2 aromatic carbocycles. The molecule has 1 heterocycles. The third-order valence-electron chi connectivity index (χ3n) is 6.49. The Labute approximate surface area is 237 Å². The summed E-state index contributed by atoms with van der Waals surface area (Å²) in [5.74, 6) is -3.39. The fourth-order valence-electron chi connectivity index (χ4n) is 4.23. The number of carboxylic acid groups (broad SMARTS) is 1. The van der Waals surface area contributed by atoms with Crippen molar-refractivity contribution in [3.63, 3.8) is 0 Å². The number of rotatable bonds is 11. The Morgan fingerprint density at radius 2 is 1.85 bits per heavy atom. The van der Waals surface area contributed by atoms with E-state index in [4.69, 9.17) is 11.6 Å². The first-order valence-electron chi connectivity index (χ1n) is 12.4. The number of hydrogen-bond acceptors (Lipinski definition) is 8. The van der Waals surface area contributed by atoms with E-state index in [1.807, 2.05) is 0 Å². The lowest BCUT2D eigenvalue weighted by atomic mass is 9.86. The predicted molar refractivity (Wildman–Crippen MR) is 142 cm³/mol. The third kappa shape index (κ3) is 8.65. The number of carbonyl (C=O) groups is 3. The summed E-state index contributed by atoms with van der Waals surface area (Å²) in [6, 6.07) is 7.19. The van der Waals surface area contributed by atoms with E-state index in [0.717, 1.165) is 12.1 Å². The van der Waals surface area contributed by atoms with Gasteiger partial charge in [0.05, 0.1) is 25.6 Å². The number of aliphatic imine (C=N–C) groups is 1. The molecule has 14 heteroatoms. The van der Waals surface area contributed by atoms with Crippen LogP contribution in [-0.4, -0.2) is 75.8 Å². The summed E-state index contributed by atoms with van der Waals surface area (Å²) >= 11 is 5.98. The molecule has 2 aromatic rings. The molecule has 0 spiro atoms. The van der Waals surface area contributed by atoms with E-state index in [9.17, 15) is 48.0 Å². The normalized spacial score (nSPS) is 17.5.